The number of ether oxygens (including phenoxy) is 1. The molecule has 34 heavy (non-hydrogen) atoms. The number of hydrogen-bond donors (Lipinski definition) is 1. The third kappa shape index (κ3) is 5.12. The summed E-state index contributed by atoms with van der Waals surface area (Å²) in [5.41, 5.74) is 2.15. The molecule has 1 aromatic carbocycles. The minimum atomic E-state index is -4.46. The molecular weight excluding hydrogens is 469 g/mol. The fourth-order valence-electron chi connectivity index (χ4n) is 3.60. The highest BCUT2D eigenvalue weighted by Crippen LogP contribution is 2.39. The van der Waals surface area contributed by atoms with E-state index in [1.807, 2.05) is 4.57 Å². The Morgan fingerprint density at radius 1 is 1.26 bits per heavy atom. The first-order chi connectivity index (χ1) is 16.0. The Bertz CT molecular complexity index is 1350. The number of hydrogen-bond acceptors (Lipinski definition) is 5. The molecular formula is C23H23F3N4O3S. The summed E-state index contributed by atoms with van der Waals surface area (Å²) in [7, 11) is -3.56. The van der Waals surface area contributed by atoms with E-state index in [1.165, 1.54) is 24.4 Å². The van der Waals surface area contributed by atoms with Gasteiger partial charge < -0.3 is 9.30 Å². The Morgan fingerprint density at radius 3 is 2.56 bits per heavy atom. The van der Waals surface area contributed by atoms with Crippen LogP contribution in [0, 0.1) is 17.2 Å². The molecule has 1 saturated carbocycles. The lowest BCUT2D eigenvalue weighted by Crippen LogP contribution is -2.22. The van der Waals surface area contributed by atoms with Gasteiger partial charge in [0, 0.05) is 29.8 Å². The predicted octanol–water partition coefficient (Wildman–Crippen LogP) is 5.08. The van der Waals surface area contributed by atoms with Crippen molar-refractivity contribution in [1.82, 2.24) is 9.55 Å². The van der Waals surface area contributed by atoms with Crippen molar-refractivity contribution in [3.8, 4) is 23.1 Å². The molecule has 3 aromatic rings. The standard InChI is InChI=1S/C23H23F3N4O3S/c1-14(2)34(31,32)29-21-8-5-16(11-28-21)22-19(10-27)18-7-6-17(33-13-23(24,25)26)9-20(18)30(22)12-15-3-4-15/h5-9,11,14-15H,3-4,12-13H2,1-2H3,(H,28,29). The van der Waals surface area contributed by atoms with Gasteiger partial charge in [0.15, 0.2) is 6.61 Å². The smallest absolute Gasteiger partial charge is 0.422 e. The van der Waals surface area contributed by atoms with Gasteiger partial charge in [-0.25, -0.2) is 13.4 Å². The Hall–Kier alpha value is -3.26. The van der Waals surface area contributed by atoms with Crippen LogP contribution in [-0.2, 0) is 16.6 Å². The third-order valence-electron chi connectivity index (χ3n) is 5.59. The molecule has 7 nitrogen and oxygen atoms in total. The summed E-state index contributed by atoms with van der Waals surface area (Å²) in [6.07, 6.45) is -0.922. The van der Waals surface area contributed by atoms with Gasteiger partial charge in [-0.2, -0.15) is 18.4 Å². The molecule has 0 saturated heterocycles. The number of nitrogens with zero attached hydrogens (tertiary/aromatic N) is 3. The van der Waals surface area contributed by atoms with Crippen LogP contribution in [0.2, 0.25) is 0 Å². The van der Waals surface area contributed by atoms with Crippen molar-refractivity contribution in [2.75, 3.05) is 11.3 Å². The second-order valence-electron chi connectivity index (χ2n) is 8.60. The molecule has 4 rings (SSSR count). The molecule has 0 aliphatic heterocycles. The summed E-state index contributed by atoms with van der Waals surface area (Å²) < 4.78 is 71.4. The number of fused-ring (bicyclic) bond motifs is 1. The number of halogens is 3. The quantitative estimate of drug-likeness (QED) is 0.473. The first kappa shape index (κ1) is 23.9. The van der Waals surface area contributed by atoms with Crippen LogP contribution in [0.3, 0.4) is 0 Å². The third-order valence-corrected chi connectivity index (χ3v) is 7.33. The number of rotatable bonds is 8. The molecule has 1 aliphatic carbocycles. The molecule has 0 bridgehead atoms. The van der Waals surface area contributed by atoms with E-state index in [9.17, 15) is 26.9 Å². The van der Waals surface area contributed by atoms with Gasteiger partial charge >= 0.3 is 6.18 Å². The van der Waals surface area contributed by atoms with E-state index >= 15 is 0 Å². The van der Waals surface area contributed by atoms with E-state index in [0.717, 1.165) is 12.8 Å². The van der Waals surface area contributed by atoms with Crippen LogP contribution in [-0.4, -0.2) is 36.0 Å². The molecule has 1 aliphatic rings. The zero-order chi connectivity index (χ0) is 24.7. The highest BCUT2D eigenvalue weighted by Gasteiger charge is 2.29. The fraction of sp³-hybridized carbons (Fsp3) is 0.391. The normalized spacial score (nSPS) is 14.4. The molecule has 2 heterocycles. The van der Waals surface area contributed by atoms with Gasteiger partial charge in [0.05, 0.1) is 22.0 Å². The lowest BCUT2D eigenvalue weighted by Gasteiger charge is -2.13. The van der Waals surface area contributed by atoms with Gasteiger partial charge in [0.25, 0.3) is 0 Å². The molecule has 2 aromatic heterocycles. The van der Waals surface area contributed by atoms with Crippen molar-refractivity contribution in [2.24, 2.45) is 5.92 Å². The van der Waals surface area contributed by atoms with Gasteiger partial charge in [0.2, 0.25) is 10.0 Å². The lowest BCUT2D eigenvalue weighted by molar-refractivity contribution is -0.153. The maximum absolute atomic E-state index is 12.6. The molecule has 0 atom stereocenters. The van der Waals surface area contributed by atoms with E-state index in [0.29, 0.717) is 40.2 Å². The van der Waals surface area contributed by atoms with E-state index in [-0.39, 0.29) is 11.6 Å². The first-order valence-corrected chi connectivity index (χ1v) is 12.3. The summed E-state index contributed by atoms with van der Waals surface area (Å²) in [4.78, 5) is 4.22. The Morgan fingerprint density at radius 2 is 2.00 bits per heavy atom. The number of anilines is 1. The van der Waals surface area contributed by atoms with Crippen LogP contribution >= 0.6 is 0 Å². The molecule has 0 radical (unpaired) electrons. The van der Waals surface area contributed by atoms with E-state index in [4.69, 9.17) is 4.74 Å². The number of benzene rings is 1. The number of aromatic nitrogens is 2. The lowest BCUT2D eigenvalue weighted by atomic mass is 10.1. The number of nitrogens with one attached hydrogen (secondary N) is 1. The zero-order valence-corrected chi connectivity index (χ0v) is 19.4. The molecule has 11 heteroatoms. The highest BCUT2D eigenvalue weighted by molar-refractivity contribution is 7.93. The molecule has 180 valence electrons. The highest BCUT2D eigenvalue weighted by atomic mass is 32.2. The van der Waals surface area contributed by atoms with E-state index in [2.05, 4.69) is 15.8 Å². The van der Waals surface area contributed by atoms with E-state index < -0.39 is 28.1 Å². The summed E-state index contributed by atoms with van der Waals surface area (Å²) in [6.45, 7) is 2.30. The second-order valence-corrected chi connectivity index (χ2v) is 10.8. The molecule has 0 amide bonds. The van der Waals surface area contributed by atoms with Crippen molar-refractivity contribution in [3.63, 3.8) is 0 Å². The summed E-state index contributed by atoms with van der Waals surface area (Å²) >= 11 is 0. The Balaban J connectivity index is 1.77. The molecule has 1 N–H and O–H groups in total. The van der Waals surface area contributed by atoms with Crippen molar-refractivity contribution in [1.29, 1.82) is 5.26 Å². The second kappa shape index (κ2) is 8.83. The largest absolute Gasteiger partial charge is 0.484 e. The number of sulfonamides is 1. The fourth-order valence-corrected chi connectivity index (χ4v) is 4.25. The summed E-state index contributed by atoms with van der Waals surface area (Å²) in [5, 5.41) is 9.90. The van der Waals surface area contributed by atoms with Crippen LogP contribution in [0.4, 0.5) is 19.0 Å². The minimum Gasteiger partial charge on any atom is -0.484 e. The number of nitriles is 1. The van der Waals surface area contributed by atoms with E-state index in [1.54, 1.807) is 26.0 Å². The van der Waals surface area contributed by atoms with Crippen molar-refractivity contribution < 1.29 is 26.3 Å². The van der Waals surface area contributed by atoms with Gasteiger partial charge in [-0.1, -0.05) is 0 Å². The summed E-state index contributed by atoms with van der Waals surface area (Å²) in [6, 6.07) is 9.93. The SMILES string of the molecule is CC(C)S(=O)(=O)Nc1ccc(-c2c(C#N)c3ccc(OCC(F)(F)F)cc3n2CC2CC2)cn1. The zero-order valence-electron chi connectivity index (χ0n) is 18.6. The van der Waals surface area contributed by atoms with Crippen LogP contribution in [0.25, 0.3) is 22.2 Å². The van der Waals surface area contributed by atoms with Crippen LogP contribution < -0.4 is 9.46 Å². The van der Waals surface area contributed by atoms with Crippen LogP contribution in [0.15, 0.2) is 36.5 Å². The van der Waals surface area contributed by atoms with Crippen molar-refractivity contribution in [2.45, 2.75) is 44.7 Å². The Labute approximate surface area is 195 Å². The van der Waals surface area contributed by atoms with Gasteiger partial charge in [-0.3, -0.25) is 4.72 Å². The average Bonchev–Trinajstić information content (AvgIpc) is 3.53. The van der Waals surface area contributed by atoms with Crippen molar-refractivity contribution >= 4 is 26.7 Å². The molecule has 1 fully saturated rings. The summed E-state index contributed by atoms with van der Waals surface area (Å²) in [5.74, 6) is 0.626. The maximum Gasteiger partial charge on any atom is 0.422 e. The number of alkyl halides is 3. The molecule has 0 spiro atoms. The topological polar surface area (TPSA) is 97.0 Å². The minimum absolute atomic E-state index is 0.0620. The number of pyridine rings is 1. The Kier molecular flexibility index (Phi) is 6.20. The maximum atomic E-state index is 12.6. The predicted molar refractivity (Wildman–Crippen MR) is 122 cm³/mol. The molecule has 0 unspecified atom stereocenters. The van der Waals surface area contributed by atoms with Gasteiger partial charge in [-0.15, -0.1) is 0 Å². The first-order valence-electron chi connectivity index (χ1n) is 10.7. The average molecular weight is 493 g/mol. The van der Waals surface area contributed by atoms with Gasteiger partial charge in [-0.05, 0) is 56.9 Å². The van der Waals surface area contributed by atoms with Crippen LogP contribution in [0.5, 0.6) is 5.75 Å². The monoisotopic (exact) mass is 492 g/mol. The van der Waals surface area contributed by atoms with Gasteiger partial charge in [0.1, 0.15) is 17.6 Å². The van der Waals surface area contributed by atoms with Crippen molar-refractivity contribution in [3.05, 3.63) is 42.1 Å². The van der Waals surface area contributed by atoms with Crippen LogP contribution in [0.1, 0.15) is 32.3 Å².